The van der Waals surface area contributed by atoms with Crippen LogP contribution in [0.1, 0.15) is 47.5 Å². The fourth-order valence-corrected chi connectivity index (χ4v) is 1.99. The van der Waals surface area contributed by atoms with Crippen molar-refractivity contribution in [2.75, 3.05) is 13.2 Å². The molecule has 0 aromatic rings. The van der Waals surface area contributed by atoms with Crippen molar-refractivity contribution in [3.05, 3.63) is 24.3 Å². The molecular weight excluding hydrogens is 268 g/mol. The number of hydrogen-bond donors (Lipinski definition) is 0. The van der Waals surface area contributed by atoms with E-state index in [-0.39, 0.29) is 23.3 Å². The van der Waals surface area contributed by atoms with Gasteiger partial charge in [0.25, 0.3) is 0 Å². The van der Waals surface area contributed by atoms with Crippen LogP contribution < -0.4 is 0 Å². The van der Waals surface area contributed by atoms with Crippen LogP contribution in [0.5, 0.6) is 0 Å². The Hall–Kier alpha value is -1.58. The number of esters is 2. The van der Waals surface area contributed by atoms with Crippen molar-refractivity contribution in [2.45, 2.75) is 47.5 Å². The lowest BCUT2D eigenvalue weighted by Gasteiger charge is -2.27. The van der Waals surface area contributed by atoms with Crippen LogP contribution in [-0.4, -0.2) is 25.2 Å². The standard InChI is InChI=1S/C17H28O4/c1-12(2)15(18)20-9-8-17(6,7)10-14(5)11-21-16(19)13(3)4/h14H,1,3,8-11H2,2,4-7H3. The SMILES string of the molecule is C=C(C)C(=O)OCCC(C)(C)CC(C)COC(=O)C(=C)C. The number of carbonyl (C=O) groups is 2. The summed E-state index contributed by atoms with van der Waals surface area (Å²) in [6.07, 6.45) is 1.63. The molecule has 0 aliphatic rings. The lowest BCUT2D eigenvalue weighted by atomic mass is 9.81. The van der Waals surface area contributed by atoms with Crippen LogP contribution in [0.3, 0.4) is 0 Å². The monoisotopic (exact) mass is 296 g/mol. The van der Waals surface area contributed by atoms with Gasteiger partial charge in [0.2, 0.25) is 0 Å². The highest BCUT2D eigenvalue weighted by Crippen LogP contribution is 2.29. The summed E-state index contributed by atoms with van der Waals surface area (Å²) in [6.45, 7) is 17.4. The summed E-state index contributed by atoms with van der Waals surface area (Å²) < 4.78 is 10.3. The van der Waals surface area contributed by atoms with Crippen LogP contribution in [0, 0.1) is 11.3 Å². The molecule has 0 rings (SSSR count). The van der Waals surface area contributed by atoms with Crippen LogP contribution in [-0.2, 0) is 19.1 Å². The van der Waals surface area contributed by atoms with Crippen molar-refractivity contribution < 1.29 is 19.1 Å². The molecule has 0 radical (unpaired) electrons. The van der Waals surface area contributed by atoms with E-state index in [0.29, 0.717) is 24.4 Å². The maximum atomic E-state index is 11.3. The normalized spacial score (nSPS) is 12.4. The Morgan fingerprint density at radius 2 is 1.52 bits per heavy atom. The van der Waals surface area contributed by atoms with Gasteiger partial charge in [-0.3, -0.25) is 0 Å². The summed E-state index contributed by atoms with van der Waals surface area (Å²) in [4.78, 5) is 22.6. The van der Waals surface area contributed by atoms with Crippen molar-refractivity contribution in [1.29, 1.82) is 0 Å². The predicted molar refractivity (Wildman–Crippen MR) is 83.7 cm³/mol. The minimum absolute atomic E-state index is 0.00437. The molecule has 4 nitrogen and oxygen atoms in total. The minimum atomic E-state index is -0.353. The minimum Gasteiger partial charge on any atom is -0.462 e. The van der Waals surface area contributed by atoms with E-state index in [2.05, 4.69) is 27.0 Å². The summed E-state index contributed by atoms with van der Waals surface area (Å²) >= 11 is 0. The Morgan fingerprint density at radius 3 is 2.00 bits per heavy atom. The molecule has 1 atom stereocenters. The Balaban J connectivity index is 4.09. The molecule has 0 aliphatic carbocycles. The first kappa shape index (κ1) is 19.4. The summed E-state index contributed by atoms with van der Waals surface area (Å²) in [6, 6.07) is 0. The zero-order chi connectivity index (χ0) is 16.6. The molecule has 0 N–H and O–H groups in total. The summed E-state index contributed by atoms with van der Waals surface area (Å²) in [7, 11) is 0. The van der Waals surface area contributed by atoms with E-state index in [1.54, 1.807) is 13.8 Å². The molecule has 21 heavy (non-hydrogen) atoms. The molecule has 1 unspecified atom stereocenters. The summed E-state index contributed by atoms with van der Waals surface area (Å²) in [5.74, 6) is -0.468. The topological polar surface area (TPSA) is 52.6 Å². The molecular formula is C17H28O4. The van der Waals surface area contributed by atoms with E-state index >= 15 is 0 Å². The molecule has 0 fully saturated rings. The Labute approximate surface area is 128 Å². The first-order chi connectivity index (χ1) is 9.55. The maximum absolute atomic E-state index is 11.3. The van der Waals surface area contributed by atoms with Gasteiger partial charge < -0.3 is 9.47 Å². The first-order valence-corrected chi connectivity index (χ1v) is 7.20. The van der Waals surface area contributed by atoms with E-state index in [4.69, 9.17) is 9.47 Å². The van der Waals surface area contributed by atoms with Crippen LogP contribution in [0.25, 0.3) is 0 Å². The molecule has 0 aromatic carbocycles. The van der Waals surface area contributed by atoms with Crippen LogP contribution in [0.15, 0.2) is 24.3 Å². The maximum Gasteiger partial charge on any atom is 0.333 e. The highest BCUT2D eigenvalue weighted by molar-refractivity contribution is 5.87. The van der Waals surface area contributed by atoms with Gasteiger partial charge in [0, 0.05) is 11.1 Å². The highest BCUT2D eigenvalue weighted by Gasteiger charge is 2.22. The zero-order valence-corrected chi connectivity index (χ0v) is 14.0. The molecule has 0 heterocycles. The van der Waals surface area contributed by atoms with Gasteiger partial charge in [0.15, 0.2) is 0 Å². The fraction of sp³-hybridized carbons (Fsp3) is 0.647. The lowest BCUT2D eigenvalue weighted by Crippen LogP contribution is -2.22. The van der Waals surface area contributed by atoms with E-state index in [9.17, 15) is 9.59 Å². The number of hydrogen-bond acceptors (Lipinski definition) is 4. The van der Waals surface area contributed by atoms with Crippen molar-refractivity contribution >= 4 is 11.9 Å². The molecule has 120 valence electrons. The second-order valence-corrected chi connectivity index (χ2v) is 6.52. The highest BCUT2D eigenvalue weighted by atomic mass is 16.5. The first-order valence-electron chi connectivity index (χ1n) is 7.20. The van der Waals surface area contributed by atoms with Gasteiger partial charge in [-0.1, -0.05) is 33.9 Å². The Kier molecular flexibility index (Phi) is 8.00. The van der Waals surface area contributed by atoms with E-state index in [0.717, 1.165) is 12.8 Å². The molecule has 0 spiro atoms. The van der Waals surface area contributed by atoms with Crippen molar-refractivity contribution in [1.82, 2.24) is 0 Å². The van der Waals surface area contributed by atoms with Crippen molar-refractivity contribution in [3.8, 4) is 0 Å². The van der Waals surface area contributed by atoms with Crippen LogP contribution >= 0.6 is 0 Å². The molecule has 0 saturated heterocycles. The van der Waals surface area contributed by atoms with Gasteiger partial charge in [-0.25, -0.2) is 9.59 Å². The molecule has 0 aromatic heterocycles. The van der Waals surface area contributed by atoms with E-state index in [1.165, 1.54) is 0 Å². The van der Waals surface area contributed by atoms with Gasteiger partial charge in [0.05, 0.1) is 13.2 Å². The van der Waals surface area contributed by atoms with Crippen LogP contribution in [0.4, 0.5) is 0 Å². The predicted octanol–water partition coefficient (Wildman–Crippen LogP) is 3.67. The summed E-state index contributed by atoms with van der Waals surface area (Å²) in [5, 5.41) is 0. The summed E-state index contributed by atoms with van der Waals surface area (Å²) in [5.41, 5.74) is 0.825. The number of carbonyl (C=O) groups excluding carboxylic acids is 2. The number of ether oxygens (including phenoxy) is 2. The molecule has 0 aliphatic heterocycles. The van der Waals surface area contributed by atoms with Crippen molar-refractivity contribution in [3.63, 3.8) is 0 Å². The quantitative estimate of drug-likeness (QED) is 0.481. The third-order valence-corrected chi connectivity index (χ3v) is 3.11. The molecule has 0 amide bonds. The number of rotatable bonds is 9. The van der Waals surface area contributed by atoms with Crippen LogP contribution in [0.2, 0.25) is 0 Å². The molecule has 0 saturated carbocycles. The second-order valence-electron chi connectivity index (χ2n) is 6.52. The second kappa shape index (κ2) is 8.65. The Morgan fingerprint density at radius 1 is 1.05 bits per heavy atom. The van der Waals surface area contributed by atoms with Gasteiger partial charge >= 0.3 is 11.9 Å². The van der Waals surface area contributed by atoms with E-state index < -0.39 is 0 Å². The lowest BCUT2D eigenvalue weighted by molar-refractivity contribution is -0.141. The van der Waals surface area contributed by atoms with Gasteiger partial charge in [-0.05, 0) is 38.0 Å². The smallest absolute Gasteiger partial charge is 0.333 e. The third kappa shape index (κ3) is 9.05. The van der Waals surface area contributed by atoms with Gasteiger partial charge in [-0.2, -0.15) is 0 Å². The van der Waals surface area contributed by atoms with Crippen molar-refractivity contribution in [2.24, 2.45) is 11.3 Å². The molecule has 4 heteroatoms. The van der Waals surface area contributed by atoms with E-state index in [1.807, 2.05) is 6.92 Å². The largest absolute Gasteiger partial charge is 0.462 e. The average Bonchev–Trinajstić information content (AvgIpc) is 2.34. The third-order valence-electron chi connectivity index (χ3n) is 3.11. The Bertz CT molecular complexity index is 407. The average molecular weight is 296 g/mol. The molecule has 0 bridgehead atoms. The van der Waals surface area contributed by atoms with Gasteiger partial charge in [0.1, 0.15) is 0 Å². The van der Waals surface area contributed by atoms with Gasteiger partial charge in [-0.15, -0.1) is 0 Å². The zero-order valence-electron chi connectivity index (χ0n) is 14.0. The fourth-order valence-electron chi connectivity index (χ4n) is 1.99.